The van der Waals surface area contributed by atoms with E-state index in [9.17, 15) is 14.0 Å². The van der Waals surface area contributed by atoms with Crippen molar-refractivity contribution in [1.82, 2.24) is 4.90 Å². The number of carbonyl (C=O) groups is 2. The molecular formula is C20H17BrFNO3S. The molecule has 1 aliphatic rings. The van der Waals surface area contributed by atoms with Gasteiger partial charge in [-0.25, -0.2) is 4.39 Å². The lowest BCUT2D eigenvalue weighted by Crippen LogP contribution is -2.32. The topological polar surface area (TPSA) is 46.6 Å². The SMILES string of the molecule is Cc1ccc(C)c(OCCN2C(=O)S/C(=C\c3cc(Br)ccc3F)C2=O)c1. The molecule has 1 heterocycles. The summed E-state index contributed by atoms with van der Waals surface area (Å²) in [5.41, 5.74) is 2.31. The normalized spacial score (nSPS) is 15.7. The number of rotatable bonds is 5. The number of aryl methyl sites for hydroxylation is 2. The molecule has 1 fully saturated rings. The van der Waals surface area contributed by atoms with Gasteiger partial charge in [0.2, 0.25) is 0 Å². The molecule has 7 heteroatoms. The Bertz CT molecular complexity index is 945. The molecule has 0 aromatic heterocycles. The molecule has 0 radical (unpaired) electrons. The van der Waals surface area contributed by atoms with Gasteiger partial charge in [0.05, 0.1) is 11.4 Å². The third-order valence-electron chi connectivity index (χ3n) is 4.03. The summed E-state index contributed by atoms with van der Waals surface area (Å²) in [4.78, 5) is 26.0. The van der Waals surface area contributed by atoms with Crippen molar-refractivity contribution in [2.75, 3.05) is 13.2 Å². The van der Waals surface area contributed by atoms with E-state index in [1.807, 2.05) is 32.0 Å². The minimum atomic E-state index is -0.455. The third-order valence-corrected chi connectivity index (χ3v) is 5.43. The lowest BCUT2D eigenvalue weighted by atomic mass is 10.1. The number of hydrogen-bond donors (Lipinski definition) is 0. The summed E-state index contributed by atoms with van der Waals surface area (Å²) in [5.74, 6) is -0.161. The maximum absolute atomic E-state index is 13.9. The third kappa shape index (κ3) is 4.59. The second kappa shape index (κ2) is 8.27. The maximum Gasteiger partial charge on any atom is 0.293 e. The molecule has 0 N–H and O–H groups in total. The van der Waals surface area contributed by atoms with Crippen molar-refractivity contribution in [3.8, 4) is 5.75 Å². The average Bonchev–Trinajstić information content (AvgIpc) is 2.88. The zero-order valence-corrected chi connectivity index (χ0v) is 17.2. The van der Waals surface area contributed by atoms with E-state index in [-0.39, 0.29) is 28.9 Å². The van der Waals surface area contributed by atoms with Crippen LogP contribution in [-0.2, 0) is 4.79 Å². The summed E-state index contributed by atoms with van der Waals surface area (Å²) in [5, 5.41) is -0.383. The van der Waals surface area contributed by atoms with Crippen molar-refractivity contribution in [3.63, 3.8) is 0 Å². The van der Waals surface area contributed by atoms with Gasteiger partial charge < -0.3 is 4.74 Å². The van der Waals surface area contributed by atoms with Gasteiger partial charge in [-0.05, 0) is 67.1 Å². The fourth-order valence-electron chi connectivity index (χ4n) is 2.57. The van der Waals surface area contributed by atoms with Crippen LogP contribution in [0, 0.1) is 19.7 Å². The molecule has 140 valence electrons. The molecule has 2 amide bonds. The molecule has 0 bridgehead atoms. The summed E-state index contributed by atoms with van der Waals surface area (Å²) in [6, 6.07) is 10.3. The van der Waals surface area contributed by atoms with Crippen molar-refractivity contribution in [3.05, 3.63) is 68.3 Å². The van der Waals surface area contributed by atoms with Crippen molar-refractivity contribution in [2.45, 2.75) is 13.8 Å². The van der Waals surface area contributed by atoms with Gasteiger partial charge in [0.1, 0.15) is 18.2 Å². The fourth-order valence-corrected chi connectivity index (χ4v) is 3.80. The van der Waals surface area contributed by atoms with Gasteiger partial charge in [-0.15, -0.1) is 0 Å². The lowest BCUT2D eigenvalue weighted by Gasteiger charge is -2.14. The van der Waals surface area contributed by atoms with Gasteiger partial charge in [-0.3, -0.25) is 14.5 Å². The first-order chi connectivity index (χ1) is 12.8. The van der Waals surface area contributed by atoms with Crippen LogP contribution in [0.2, 0.25) is 0 Å². The molecule has 2 aromatic carbocycles. The van der Waals surface area contributed by atoms with E-state index in [0.717, 1.165) is 33.5 Å². The number of benzene rings is 2. The number of carbonyl (C=O) groups excluding carboxylic acids is 2. The fraction of sp³-hybridized carbons (Fsp3) is 0.200. The second-order valence-corrected chi connectivity index (χ2v) is 8.03. The summed E-state index contributed by atoms with van der Waals surface area (Å²) >= 11 is 4.07. The Morgan fingerprint density at radius 2 is 1.96 bits per heavy atom. The van der Waals surface area contributed by atoms with Crippen LogP contribution in [0.3, 0.4) is 0 Å². The highest BCUT2D eigenvalue weighted by atomic mass is 79.9. The number of imide groups is 1. The number of hydrogen-bond acceptors (Lipinski definition) is 4. The number of amides is 2. The summed E-state index contributed by atoms with van der Waals surface area (Å²) in [6.07, 6.45) is 1.40. The first-order valence-electron chi connectivity index (χ1n) is 8.25. The molecule has 1 saturated heterocycles. The molecule has 4 nitrogen and oxygen atoms in total. The highest BCUT2D eigenvalue weighted by Crippen LogP contribution is 2.33. The van der Waals surface area contributed by atoms with Gasteiger partial charge >= 0.3 is 0 Å². The standard InChI is InChI=1S/C20H17BrFNO3S/c1-12-3-4-13(2)17(9-12)26-8-7-23-19(24)18(27-20(23)25)11-14-10-15(21)5-6-16(14)22/h3-6,9-11H,7-8H2,1-2H3/b18-11-. The van der Waals surface area contributed by atoms with Crippen LogP contribution in [0.1, 0.15) is 16.7 Å². The van der Waals surface area contributed by atoms with Gasteiger partial charge in [-0.2, -0.15) is 0 Å². The van der Waals surface area contributed by atoms with E-state index in [2.05, 4.69) is 15.9 Å². The quantitative estimate of drug-likeness (QED) is 0.579. The Morgan fingerprint density at radius 1 is 1.19 bits per heavy atom. The van der Waals surface area contributed by atoms with Crippen molar-refractivity contribution >= 4 is 44.9 Å². The second-order valence-electron chi connectivity index (χ2n) is 6.12. The van der Waals surface area contributed by atoms with Crippen LogP contribution in [0.25, 0.3) is 6.08 Å². The molecular weight excluding hydrogens is 433 g/mol. The molecule has 0 atom stereocenters. The molecule has 1 aliphatic heterocycles. The Hall–Kier alpha value is -2.12. The van der Waals surface area contributed by atoms with Crippen molar-refractivity contribution < 1.29 is 18.7 Å². The van der Waals surface area contributed by atoms with Crippen LogP contribution < -0.4 is 4.74 Å². The molecule has 2 aromatic rings. The van der Waals surface area contributed by atoms with Crippen molar-refractivity contribution in [1.29, 1.82) is 0 Å². The smallest absolute Gasteiger partial charge is 0.293 e. The number of halogens is 2. The van der Waals surface area contributed by atoms with Crippen LogP contribution in [0.4, 0.5) is 9.18 Å². The molecule has 0 aliphatic carbocycles. The highest BCUT2D eigenvalue weighted by molar-refractivity contribution is 9.10. The van der Waals surface area contributed by atoms with E-state index in [1.54, 1.807) is 12.1 Å². The Kier molecular flexibility index (Phi) is 6.01. The Morgan fingerprint density at radius 3 is 2.74 bits per heavy atom. The van der Waals surface area contributed by atoms with Crippen LogP contribution >= 0.6 is 27.7 Å². The summed E-state index contributed by atoms with van der Waals surface area (Å²) in [7, 11) is 0. The molecule has 0 saturated carbocycles. The van der Waals surface area contributed by atoms with Gasteiger partial charge in [-0.1, -0.05) is 28.1 Å². The minimum absolute atomic E-state index is 0.135. The maximum atomic E-state index is 13.9. The predicted octanol–water partition coefficient (Wildman–Crippen LogP) is 5.32. The van der Waals surface area contributed by atoms with E-state index in [1.165, 1.54) is 12.1 Å². The molecule has 27 heavy (non-hydrogen) atoms. The zero-order chi connectivity index (χ0) is 19.6. The zero-order valence-electron chi connectivity index (χ0n) is 14.8. The van der Waals surface area contributed by atoms with E-state index < -0.39 is 11.7 Å². The van der Waals surface area contributed by atoms with E-state index in [4.69, 9.17) is 4.74 Å². The lowest BCUT2D eigenvalue weighted by molar-refractivity contribution is -0.123. The Balaban J connectivity index is 1.68. The number of thioether (sulfide) groups is 1. The van der Waals surface area contributed by atoms with Gasteiger partial charge in [0, 0.05) is 10.0 Å². The van der Waals surface area contributed by atoms with Crippen LogP contribution in [0.5, 0.6) is 5.75 Å². The monoisotopic (exact) mass is 449 g/mol. The summed E-state index contributed by atoms with van der Waals surface area (Å²) < 4.78 is 20.3. The summed E-state index contributed by atoms with van der Waals surface area (Å²) in [6.45, 7) is 4.23. The largest absolute Gasteiger partial charge is 0.491 e. The van der Waals surface area contributed by atoms with E-state index >= 15 is 0 Å². The highest BCUT2D eigenvalue weighted by Gasteiger charge is 2.35. The minimum Gasteiger partial charge on any atom is -0.491 e. The number of nitrogens with zero attached hydrogens (tertiary/aromatic N) is 1. The van der Waals surface area contributed by atoms with Gasteiger partial charge in [0.25, 0.3) is 11.1 Å². The van der Waals surface area contributed by atoms with Crippen LogP contribution in [-0.4, -0.2) is 29.2 Å². The van der Waals surface area contributed by atoms with Gasteiger partial charge in [0.15, 0.2) is 0 Å². The van der Waals surface area contributed by atoms with E-state index in [0.29, 0.717) is 4.47 Å². The first kappa shape index (κ1) is 19.6. The predicted molar refractivity (Wildman–Crippen MR) is 108 cm³/mol. The van der Waals surface area contributed by atoms with Crippen molar-refractivity contribution in [2.24, 2.45) is 0 Å². The van der Waals surface area contributed by atoms with Crippen LogP contribution in [0.15, 0.2) is 45.8 Å². The number of ether oxygens (including phenoxy) is 1. The average molecular weight is 450 g/mol. The first-order valence-corrected chi connectivity index (χ1v) is 9.86. The molecule has 0 spiro atoms. The molecule has 3 rings (SSSR count). The Labute approximate surface area is 169 Å². The molecule has 0 unspecified atom stereocenters.